The molecule has 0 aliphatic carbocycles. The highest BCUT2D eigenvalue weighted by Crippen LogP contribution is 2.22. The second kappa shape index (κ2) is 11.0. The quantitative estimate of drug-likeness (QED) is 0.146. The van der Waals surface area contributed by atoms with E-state index in [9.17, 15) is 9.59 Å². The zero-order chi connectivity index (χ0) is 23.9. The third kappa shape index (κ3) is 5.63. The SMILES string of the molecule is COC(=O)c1cccc(Cn2cc(/C=N/NC(=O)COc3ccccc3I)c3ccccc32)c1. The average molecular weight is 567 g/mol. The van der Waals surface area contributed by atoms with Gasteiger partial charge in [0.1, 0.15) is 5.75 Å². The smallest absolute Gasteiger partial charge is 0.337 e. The molecule has 8 heteroatoms. The number of rotatable bonds is 8. The zero-order valence-electron chi connectivity index (χ0n) is 18.4. The Morgan fingerprint density at radius 2 is 1.85 bits per heavy atom. The molecular formula is C26H22IN3O4. The van der Waals surface area contributed by atoms with E-state index >= 15 is 0 Å². The normalized spacial score (nSPS) is 11.0. The van der Waals surface area contributed by atoms with E-state index < -0.39 is 0 Å². The topological polar surface area (TPSA) is 81.9 Å². The van der Waals surface area contributed by atoms with Crippen molar-refractivity contribution in [3.05, 3.63) is 99.3 Å². The van der Waals surface area contributed by atoms with Crippen molar-refractivity contribution in [3.8, 4) is 5.75 Å². The Kier molecular flexibility index (Phi) is 7.58. The highest BCUT2D eigenvalue weighted by Gasteiger charge is 2.10. The summed E-state index contributed by atoms with van der Waals surface area (Å²) in [4.78, 5) is 24.0. The van der Waals surface area contributed by atoms with E-state index in [1.165, 1.54) is 7.11 Å². The van der Waals surface area contributed by atoms with Crippen LogP contribution >= 0.6 is 22.6 Å². The summed E-state index contributed by atoms with van der Waals surface area (Å²) in [5.41, 5.74) is 5.86. The van der Waals surface area contributed by atoms with Crippen LogP contribution in [0.15, 0.2) is 84.1 Å². The molecule has 34 heavy (non-hydrogen) atoms. The lowest BCUT2D eigenvalue weighted by molar-refractivity contribution is -0.123. The number of esters is 1. The number of hydrogen-bond acceptors (Lipinski definition) is 5. The zero-order valence-corrected chi connectivity index (χ0v) is 20.6. The Labute approximate surface area is 210 Å². The van der Waals surface area contributed by atoms with Gasteiger partial charge in [-0.15, -0.1) is 0 Å². The van der Waals surface area contributed by atoms with Gasteiger partial charge in [0.15, 0.2) is 6.61 Å². The maximum atomic E-state index is 12.1. The lowest BCUT2D eigenvalue weighted by Crippen LogP contribution is -2.24. The Hall–Kier alpha value is -3.66. The van der Waals surface area contributed by atoms with Crippen molar-refractivity contribution in [1.82, 2.24) is 9.99 Å². The summed E-state index contributed by atoms with van der Waals surface area (Å²) < 4.78 is 13.4. The highest BCUT2D eigenvalue weighted by molar-refractivity contribution is 14.1. The third-order valence-corrected chi connectivity index (χ3v) is 6.00. The summed E-state index contributed by atoms with van der Waals surface area (Å²) in [5, 5.41) is 5.11. The number of methoxy groups -OCH3 is 1. The monoisotopic (exact) mass is 567 g/mol. The summed E-state index contributed by atoms with van der Waals surface area (Å²) in [6.45, 7) is 0.435. The van der Waals surface area contributed by atoms with Crippen LogP contribution in [0.3, 0.4) is 0 Å². The molecule has 0 atom stereocenters. The molecular weight excluding hydrogens is 545 g/mol. The molecule has 0 unspecified atom stereocenters. The fourth-order valence-corrected chi connectivity index (χ4v) is 4.07. The summed E-state index contributed by atoms with van der Waals surface area (Å²) >= 11 is 2.16. The number of hydrogen-bond donors (Lipinski definition) is 1. The maximum absolute atomic E-state index is 12.1. The van der Waals surface area contributed by atoms with Crippen LogP contribution in [-0.4, -0.2) is 36.4 Å². The first-order chi connectivity index (χ1) is 16.5. The molecule has 1 heterocycles. The molecule has 0 aliphatic heterocycles. The molecule has 0 fully saturated rings. The van der Waals surface area contributed by atoms with E-state index in [-0.39, 0.29) is 18.5 Å². The first-order valence-corrected chi connectivity index (χ1v) is 11.6. The molecule has 1 amide bonds. The van der Waals surface area contributed by atoms with Crippen molar-refractivity contribution >= 4 is 51.6 Å². The van der Waals surface area contributed by atoms with Crippen molar-refractivity contribution in [2.24, 2.45) is 5.10 Å². The van der Waals surface area contributed by atoms with E-state index in [1.807, 2.05) is 72.9 Å². The Morgan fingerprint density at radius 1 is 1.06 bits per heavy atom. The molecule has 1 N–H and O–H groups in total. The lowest BCUT2D eigenvalue weighted by atomic mass is 10.1. The Balaban J connectivity index is 1.46. The predicted molar refractivity (Wildman–Crippen MR) is 139 cm³/mol. The minimum Gasteiger partial charge on any atom is -0.483 e. The van der Waals surface area contributed by atoms with Crippen molar-refractivity contribution in [3.63, 3.8) is 0 Å². The minimum atomic E-state index is -0.367. The summed E-state index contributed by atoms with van der Waals surface area (Å²) in [6.07, 6.45) is 3.59. The standard InChI is InChI=1S/C26H22IN3O4/c1-33-26(32)19-8-6-7-18(13-19)15-30-16-20(21-9-2-4-11-23(21)30)14-28-29-25(31)17-34-24-12-5-3-10-22(24)27/h2-14,16H,15,17H2,1H3,(H,29,31)/b28-14+. The molecule has 1 aromatic heterocycles. The van der Waals surface area contributed by atoms with Gasteiger partial charge in [-0.25, -0.2) is 10.2 Å². The number of ether oxygens (including phenoxy) is 2. The molecule has 4 aromatic rings. The van der Waals surface area contributed by atoms with Gasteiger partial charge in [0, 0.05) is 29.2 Å². The largest absolute Gasteiger partial charge is 0.483 e. The molecule has 3 aromatic carbocycles. The second-order valence-electron chi connectivity index (χ2n) is 7.43. The van der Waals surface area contributed by atoms with Crippen LogP contribution in [0.5, 0.6) is 5.75 Å². The van der Waals surface area contributed by atoms with E-state index in [2.05, 4.69) is 37.7 Å². The average Bonchev–Trinajstić information content (AvgIpc) is 3.20. The summed E-state index contributed by atoms with van der Waals surface area (Å²) in [5.74, 6) is -0.0606. The number of aromatic nitrogens is 1. The van der Waals surface area contributed by atoms with Gasteiger partial charge in [0.05, 0.1) is 22.5 Å². The minimum absolute atomic E-state index is 0.129. The van der Waals surface area contributed by atoms with Gasteiger partial charge in [0.25, 0.3) is 5.91 Å². The molecule has 7 nitrogen and oxygen atoms in total. The number of hydrazone groups is 1. The number of amides is 1. The van der Waals surface area contributed by atoms with Gasteiger partial charge in [0.2, 0.25) is 0 Å². The van der Waals surface area contributed by atoms with Crippen molar-refractivity contribution in [1.29, 1.82) is 0 Å². The van der Waals surface area contributed by atoms with E-state index in [4.69, 9.17) is 9.47 Å². The molecule has 0 spiro atoms. The number of carbonyl (C=O) groups excluding carboxylic acids is 2. The van der Waals surface area contributed by atoms with Crippen LogP contribution in [0.25, 0.3) is 10.9 Å². The van der Waals surface area contributed by atoms with Crippen molar-refractivity contribution < 1.29 is 19.1 Å². The number of carbonyl (C=O) groups is 2. The maximum Gasteiger partial charge on any atom is 0.337 e. The van der Waals surface area contributed by atoms with Gasteiger partial charge in [-0.05, 0) is 58.5 Å². The molecule has 4 rings (SSSR count). The fourth-order valence-electron chi connectivity index (χ4n) is 3.53. The Bertz CT molecular complexity index is 1360. The molecule has 0 aliphatic rings. The fraction of sp³-hybridized carbons (Fsp3) is 0.115. The Morgan fingerprint density at radius 3 is 2.68 bits per heavy atom. The van der Waals surface area contributed by atoms with Gasteiger partial charge in [-0.2, -0.15) is 5.10 Å². The van der Waals surface area contributed by atoms with Gasteiger partial charge >= 0.3 is 5.97 Å². The van der Waals surface area contributed by atoms with Gasteiger partial charge in [-0.3, -0.25) is 4.79 Å². The van der Waals surface area contributed by atoms with Crippen LogP contribution in [0.2, 0.25) is 0 Å². The van der Waals surface area contributed by atoms with Crippen LogP contribution in [0, 0.1) is 3.57 Å². The number of fused-ring (bicyclic) bond motifs is 1. The van der Waals surface area contributed by atoms with Crippen molar-refractivity contribution in [2.75, 3.05) is 13.7 Å². The first-order valence-electron chi connectivity index (χ1n) is 10.5. The van der Waals surface area contributed by atoms with Crippen LogP contribution < -0.4 is 10.2 Å². The second-order valence-corrected chi connectivity index (χ2v) is 8.60. The number of nitrogens with zero attached hydrogens (tertiary/aromatic N) is 2. The first kappa shape index (κ1) is 23.5. The van der Waals surface area contributed by atoms with E-state index in [0.717, 1.165) is 25.6 Å². The third-order valence-electron chi connectivity index (χ3n) is 5.11. The molecule has 172 valence electrons. The number of nitrogens with one attached hydrogen (secondary N) is 1. The highest BCUT2D eigenvalue weighted by atomic mass is 127. The van der Waals surface area contributed by atoms with Crippen LogP contribution in [0.4, 0.5) is 0 Å². The summed E-state index contributed by atoms with van der Waals surface area (Å²) in [7, 11) is 1.37. The van der Waals surface area contributed by atoms with Crippen LogP contribution in [-0.2, 0) is 16.1 Å². The van der Waals surface area contributed by atoms with Crippen LogP contribution in [0.1, 0.15) is 21.5 Å². The molecule has 0 saturated heterocycles. The molecule has 0 saturated carbocycles. The molecule has 0 radical (unpaired) electrons. The van der Waals surface area contributed by atoms with E-state index in [0.29, 0.717) is 17.9 Å². The van der Waals surface area contributed by atoms with E-state index in [1.54, 1.807) is 12.3 Å². The lowest BCUT2D eigenvalue weighted by Gasteiger charge is -2.07. The van der Waals surface area contributed by atoms with Gasteiger partial charge < -0.3 is 14.0 Å². The number of halogens is 1. The molecule has 0 bridgehead atoms. The predicted octanol–water partition coefficient (Wildman–Crippen LogP) is 4.61. The van der Waals surface area contributed by atoms with Crippen molar-refractivity contribution in [2.45, 2.75) is 6.54 Å². The van der Waals surface area contributed by atoms with Gasteiger partial charge in [-0.1, -0.05) is 42.5 Å². The number of benzene rings is 3. The number of para-hydroxylation sites is 2. The summed E-state index contributed by atoms with van der Waals surface area (Å²) in [6, 6.07) is 22.8.